The number of hydrogen-bond donors (Lipinski definition) is 0. The minimum atomic E-state index is -0.115. The fourth-order valence-corrected chi connectivity index (χ4v) is 4.43. The van der Waals surface area contributed by atoms with Crippen LogP contribution in [0.4, 0.5) is 0 Å². The summed E-state index contributed by atoms with van der Waals surface area (Å²) in [4.78, 5) is 0. The van der Waals surface area contributed by atoms with Crippen molar-refractivity contribution in [1.82, 2.24) is 0 Å². The summed E-state index contributed by atoms with van der Waals surface area (Å²) < 4.78 is 24.4. The van der Waals surface area contributed by atoms with E-state index in [-0.39, 0.29) is 12.6 Å². The molecule has 6 atom stereocenters. The van der Waals surface area contributed by atoms with Crippen LogP contribution in [0.1, 0.15) is 80.1 Å². The summed E-state index contributed by atoms with van der Waals surface area (Å²) in [6.07, 6.45) is 7.68. The van der Waals surface area contributed by atoms with Crippen LogP contribution in [0.2, 0.25) is 0 Å². The molecule has 0 amide bonds. The van der Waals surface area contributed by atoms with Gasteiger partial charge in [0.25, 0.3) is 0 Å². The molecule has 2 aliphatic rings. The SMILES string of the molecule is CC(C)COC(C)OC1CCC(OC(C)OCC(C)C)C2CCCCC12. The molecule has 6 unspecified atom stereocenters. The largest absolute Gasteiger partial charge is 0.353 e. The van der Waals surface area contributed by atoms with Gasteiger partial charge in [0, 0.05) is 0 Å². The average Bonchev–Trinajstić information content (AvgIpc) is 2.60. The van der Waals surface area contributed by atoms with E-state index in [2.05, 4.69) is 27.7 Å². The van der Waals surface area contributed by atoms with Crippen LogP contribution in [0.25, 0.3) is 0 Å². The van der Waals surface area contributed by atoms with Crippen LogP contribution in [0.15, 0.2) is 0 Å². The molecule has 0 radical (unpaired) electrons. The van der Waals surface area contributed by atoms with E-state index in [1.165, 1.54) is 25.7 Å². The minimum Gasteiger partial charge on any atom is -0.353 e. The van der Waals surface area contributed by atoms with E-state index in [1.807, 2.05) is 13.8 Å². The number of hydrogen-bond acceptors (Lipinski definition) is 4. The van der Waals surface area contributed by atoms with E-state index in [0.29, 0.717) is 35.9 Å². The lowest BCUT2D eigenvalue weighted by Gasteiger charge is -2.46. The summed E-state index contributed by atoms with van der Waals surface area (Å²) in [5.74, 6) is 2.29. The Morgan fingerprint density at radius 1 is 0.615 bits per heavy atom. The molecule has 0 spiro atoms. The van der Waals surface area contributed by atoms with E-state index in [4.69, 9.17) is 18.9 Å². The van der Waals surface area contributed by atoms with Gasteiger partial charge in [0.1, 0.15) is 0 Å². The van der Waals surface area contributed by atoms with E-state index < -0.39 is 0 Å². The van der Waals surface area contributed by atoms with Gasteiger partial charge in [-0.3, -0.25) is 0 Å². The van der Waals surface area contributed by atoms with Gasteiger partial charge in [-0.15, -0.1) is 0 Å². The maximum atomic E-state index is 6.33. The molecule has 0 N–H and O–H groups in total. The standard InChI is InChI=1S/C22H42O4/c1-15(2)13-23-17(5)25-21-11-12-22(20-10-8-7-9-19(20)21)26-18(6)24-14-16(3)4/h15-22H,7-14H2,1-6H3. The fourth-order valence-electron chi connectivity index (χ4n) is 4.43. The van der Waals surface area contributed by atoms with Crippen LogP contribution < -0.4 is 0 Å². The van der Waals surface area contributed by atoms with Gasteiger partial charge < -0.3 is 18.9 Å². The van der Waals surface area contributed by atoms with Crippen molar-refractivity contribution >= 4 is 0 Å². The predicted octanol–water partition coefficient (Wildman–Crippen LogP) is 5.39. The van der Waals surface area contributed by atoms with Crippen molar-refractivity contribution in [3.05, 3.63) is 0 Å². The zero-order chi connectivity index (χ0) is 19.1. The third-order valence-corrected chi connectivity index (χ3v) is 5.63. The Labute approximate surface area is 161 Å². The Kier molecular flexibility index (Phi) is 9.36. The van der Waals surface area contributed by atoms with Crippen molar-refractivity contribution in [2.75, 3.05) is 13.2 Å². The molecular formula is C22H42O4. The molecule has 0 bridgehead atoms. The summed E-state index contributed by atoms with van der Waals surface area (Å²) in [5.41, 5.74) is 0. The Bertz CT molecular complexity index is 348. The molecule has 26 heavy (non-hydrogen) atoms. The Balaban J connectivity index is 1.87. The molecule has 0 aromatic heterocycles. The molecule has 0 aliphatic heterocycles. The first-order valence-corrected chi connectivity index (χ1v) is 10.9. The van der Waals surface area contributed by atoms with Crippen LogP contribution in [0, 0.1) is 23.7 Å². The highest BCUT2D eigenvalue weighted by atomic mass is 16.7. The number of rotatable bonds is 10. The Morgan fingerprint density at radius 3 is 1.35 bits per heavy atom. The van der Waals surface area contributed by atoms with Gasteiger partial charge in [0.05, 0.1) is 25.4 Å². The van der Waals surface area contributed by atoms with Crippen LogP contribution in [0.3, 0.4) is 0 Å². The van der Waals surface area contributed by atoms with E-state index in [9.17, 15) is 0 Å². The summed E-state index contributed by atoms with van der Waals surface area (Å²) in [6.45, 7) is 14.3. The lowest BCUT2D eigenvalue weighted by Crippen LogP contribution is -2.47. The van der Waals surface area contributed by atoms with Crippen molar-refractivity contribution < 1.29 is 18.9 Å². The second kappa shape index (κ2) is 11.0. The van der Waals surface area contributed by atoms with Crippen molar-refractivity contribution in [2.45, 2.75) is 105 Å². The van der Waals surface area contributed by atoms with E-state index >= 15 is 0 Å². The first-order chi connectivity index (χ1) is 12.4. The van der Waals surface area contributed by atoms with Crippen LogP contribution in [0.5, 0.6) is 0 Å². The smallest absolute Gasteiger partial charge is 0.155 e. The van der Waals surface area contributed by atoms with E-state index in [1.54, 1.807) is 0 Å². The van der Waals surface area contributed by atoms with E-state index in [0.717, 1.165) is 26.1 Å². The van der Waals surface area contributed by atoms with Crippen LogP contribution >= 0.6 is 0 Å². The van der Waals surface area contributed by atoms with Crippen molar-refractivity contribution in [2.24, 2.45) is 23.7 Å². The highest BCUT2D eigenvalue weighted by Crippen LogP contribution is 2.44. The van der Waals surface area contributed by atoms with Crippen molar-refractivity contribution in [3.8, 4) is 0 Å². The number of ether oxygens (including phenoxy) is 4. The summed E-state index contributed by atoms with van der Waals surface area (Å²) in [6, 6.07) is 0. The summed E-state index contributed by atoms with van der Waals surface area (Å²) in [5, 5.41) is 0. The molecule has 0 aromatic carbocycles. The lowest BCUT2D eigenvalue weighted by atomic mass is 9.68. The first kappa shape index (κ1) is 22.1. The van der Waals surface area contributed by atoms with Gasteiger partial charge in [0.2, 0.25) is 0 Å². The molecule has 154 valence electrons. The van der Waals surface area contributed by atoms with Crippen molar-refractivity contribution in [3.63, 3.8) is 0 Å². The highest BCUT2D eigenvalue weighted by Gasteiger charge is 2.42. The Hall–Kier alpha value is -0.160. The van der Waals surface area contributed by atoms with Crippen LogP contribution in [-0.2, 0) is 18.9 Å². The molecule has 0 aromatic rings. The topological polar surface area (TPSA) is 36.9 Å². The van der Waals surface area contributed by atoms with Gasteiger partial charge in [-0.2, -0.15) is 0 Å². The Morgan fingerprint density at radius 2 is 1.00 bits per heavy atom. The third kappa shape index (κ3) is 7.10. The molecule has 0 saturated heterocycles. The maximum Gasteiger partial charge on any atom is 0.155 e. The average molecular weight is 371 g/mol. The van der Waals surface area contributed by atoms with Gasteiger partial charge in [0.15, 0.2) is 12.6 Å². The molecule has 2 rings (SSSR count). The maximum absolute atomic E-state index is 6.33. The zero-order valence-corrected chi connectivity index (χ0v) is 17.9. The minimum absolute atomic E-state index is 0.115. The quantitative estimate of drug-likeness (QED) is 0.483. The molecular weight excluding hydrogens is 328 g/mol. The molecule has 0 heterocycles. The van der Waals surface area contributed by atoms with Gasteiger partial charge in [-0.05, 0) is 63.2 Å². The summed E-state index contributed by atoms with van der Waals surface area (Å²) in [7, 11) is 0. The predicted molar refractivity (Wildman–Crippen MR) is 105 cm³/mol. The van der Waals surface area contributed by atoms with Gasteiger partial charge in [-0.1, -0.05) is 40.5 Å². The molecule has 2 fully saturated rings. The van der Waals surface area contributed by atoms with Crippen molar-refractivity contribution in [1.29, 1.82) is 0 Å². The van der Waals surface area contributed by atoms with Crippen LogP contribution in [-0.4, -0.2) is 38.0 Å². The normalized spacial score (nSPS) is 31.8. The first-order valence-electron chi connectivity index (χ1n) is 10.9. The second-order valence-corrected chi connectivity index (χ2v) is 9.13. The second-order valence-electron chi connectivity index (χ2n) is 9.13. The summed E-state index contributed by atoms with van der Waals surface area (Å²) >= 11 is 0. The molecule has 2 saturated carbocycles. The zero-order valence-electron chi connectivity index (χ0n) is 17.9. The molecule has 4 heteroatoms. The lowest BCUT2D eigenvalue weighted by molar-refractivity contribution is -0.229. The van der Waals surface area contributed by atoms with Gasteiger partial charge >= 0.3 is 0 Å². The highest BCUT2D eigenvalue weighted by molar-refractivity contribution is 4.91. The molecule has 2 aliphatic carbocycles. The number of fused-ring (bicyclic) bond motifs is 1. The van der Waals surface area contributed by atoms with Gasteiger partial charge in [-0.25, -0.2) is 0 Å². The molecule has 4 nitrogen and oxygen atoms in total. The monoisotopic (exact) mass is 370 g/mol. The third-order valence-electron chi connectivity index (χ3n) is 5.63. The fraction of sp³-hybridized carbons (Fsp3) is 1.00.